The van der Waals surface area contributed by atoms with Gasteiger partial charge in [-0.25, -0.2) is 0 Å². The van der Waals surface area contributed by atoms with Gasteiger partial charge < -0.3 is 5.32 Å². The van der Waals surface area contributed by atoms with Gasteiger partial charge in [0.2, 0.25) is 0 Å². The quantitative estimate of drug-likeness (QED) is 0.869. The zero-order chi connectivity index (χ0) is 8.93. The van der Waals surface area contributed by atoms with Crippen LogP contribution in [-0.2, 0) is 13.1 Å². The van der Waals surface area contributed by atoms with Gasteiger partial charge in [0.25, 0.3) is 0 Å². The van der Waals surface area contributed by atoms with Crippen LogP contribution in [0, 0.1) is 0 Å². The number of hydrogen-bond donors (Lipinski definition) is 1. The van der Waals surface area contributed by atoms with E-state index in [0.29, 0.717) is 0 Å². The predicted molar refractivity (Wildman–Crippen MR) is 66.4 cm³/mol. The highest BCUT2D eigenvalue weighted by molar-refractivity contribution is 7.09. The van der Waals surface area contributed by atoms with Crippen LogP contribution in [0.1, 0.15) is 10.4 Å². The largest absolute Gasteiger partial charge is 0.308 e. The van der Waals surface area contributed by atoms with Crippen molar-refractivity contribution in [2.75, 3.05) is 0 Å². The molecule has 0 saturated carbocycles. The van der Waals surface area contributed by atoms with E-state index in [9.17, 15) is 0 Å². The molecule has 0 unspecified atom stereocenters. The number of halogens is 1. The smallest absolute Gasteiger partial charge is 0.0302 e. The zero-order valence-electron chi connectivity index (χ0n) is 7.60. The molecule has 2 aromatic heterocycles. The lowest BCUT2D eigenvalue weighted by Gasteiger charge is -1.99. The Morgan fingerprint density at radius 2 is 2.07 bits per heavy atom. The van der Waals surface area contributed by atoms with Gasteiger partial charge >= 0.3 is 0 Å². The van der Waals surface area contributed by atoms with Gasteiger partial charge in [0.05, 0.1) is 0 Å². The summed E-state index contributed by atoms with van der Waals surface area (Å²) in [6.45, 7) is 1.95. The minimum Gasteiger partial charge on any atom is -0.308 e. The monoisotopic (exact) mass is 245 g/mol. The molecule has 0 aromatic carbocycles. The van der Waals surface area contributed by atoms with E-state index in [-0.39, 0.29) is 12.4 Å². The van der Waals surface area contributed by atoms with Crippen molar-refractivity contribution in [1.82, 2.24) is 5.32 Å². The summed E-state index contributed by atoms with van der Waals surface area (Å²) >= 11 is 3.55. The van der Waals surface area contributed by atoms with Crippen molar-refractivity contribution in [2.45, 2.75) is 13.1 Å². The second kappa shape index (κ2) is 6.19. The maximum atomic E-state index is 3.41. The van der Waals surface area contributed by atoms with E-state index >= 15 is 0 Å². The van der Waals surface area contributed by atoms with Gasteiger partial charge in [-0.15, -0.1) is 23.7 Å². The summed E-state index contributed by atoms with van der Waals surface area (Å²) in [4.78, 5) is 1.40. The van der Waals surface area contributed by atoms with E-state index in [1.165, 1.54) is 10.4 Å². The van der Waals surface area contributed by atoms with Crippen molar-refractivity contribution in [3.8, 4) is 0 Å². The summed E-state index contributed by atoms with van der Waals surface area (Å²) in [5, 5.41) is 9.82. The van der Waals surface area contributed by atoms with Crippen LogP contribution in [0.25, 0.3) is 0 Å². The van der Waals surface area contributed by atoms with Crippen molar-refractivity contribution >= 4 is 35.1 Å². The van der Waals surface area contributed by atoms with Gasteiger partial charge in [-0.1, -0.05) is 6.07 Å². The van der Waals surface area contributed by atoms with Crippen LogP contribution in [0.4, 0.5) is 0 Å². The van der Waals surface area contributed by atoms with Gasteiger partial charge in [0, 0.05) is 18.0 Å². The van der Waals surface area contributed by atoms with Gasteiger partial charge in [0.15, 0.2) is 0 Å². The van der Waals surface area contributed by atoms with Gasteiger partial charge in [-0.05, 0) is 33.8 Å². The van der Waals surface area contributed by atoms with E-state index in [0.717, 1.165) is 13.1 Å². The van der Waals surface area contributed by atoms with Crippen LogP contribution >= 0.6 is 35.1 Å². The SMILES string of the molecule is Cl.c1csc(CNCc2ccsc2)c1. The molecular formula is C10H12ClNS2. The molecule has 0 aliphatic rings. The first-order chi connectivity index (χ1) is 6.45. The van der Waals surface area contributed by atoms with E-state index in [4.69, 9.17) is 0 Å². The molecule has 4 heteroatoms. The molecule has 0 aliphatic carbocycles. The molecule has 0 amide bonds. The van der Waals surface area contributed by atoms with Crippen molar-refractivity contribution < 1.29 is 0 Å². The molecule has 1 nitrogen and oxygen atoms in total. The molecule has 0 saturated heterocycles. The maximum absolute atomic E-state index is 3.41. The molecule has 14 heavy (non-hydrogen) atoms. The summed E-state index contributed by atoms with van der Waals surface area (Å²) < 4.78 is 0. The number of thiophene rings is 2. The average molecular weight is 246 g/mol. The summed E-state index contributed by atoms with van der Waals surface area (Å²) in [5.41, 5.74) is 1.38. The molecule has 76 valence electrons. The average Bonchev–Trinajstić information content (AvgIpc) is 2.75. The zero-order valence-corrected chi connectivity index (χ0v) is 10.1. The third kappa shape index (κ3) is 3.42. The molecular weight excluding hydrogens is 234 g/mol. The Hall–Kier alpha value is -0.350. The van der Waals surface area contributed by atoms with Gasteiger partial charge in [0.1, 0.15) is 0 Å². The fourth-order valence-corrected chi connectivity index (χ4v) is 2.48. The van der Waals surface area contributed by atoms with Crippen LogP contribution in [0.3, 0.4) is 0 Å². The fraction of sp³-hybridized carbons (Fsp3) is 0.200. The molecule has 0 fully saturated rings. The van der Waals surface area contributed by atoms with Gasteiger partial charge in [-0.3, -0.25) is 0 Å². The molecule has 2 rings (SSSR count). The molecule has 0 atom stereocenters. The van der Waals surface area contributed by atoms with Crippen molar-refractivity contribution in [1.29, 1.82) is 0 Å². The Kier molecular flexibility index (Phi) is 5.19. The van der Waals surface area contributed by atoms with Crippen molar-refractivity contribution in [3.63, 3.8) is 0 Å². The second-order valence-electron chi connectivity index (χ2n) is 2.81. The highest BCUT2D eigenvalue weighted by atomic mass is 35.5. The van der Waals surface area contributed by atoms with Crippen LogP contribution < -0.4 is 5.32 Å². The molecule has 0 radical (unpaired) electrons. The fourth-order valence-electron chi connectivity index (χ4n) is 1.14. The topological polar surface area (TPSA) is 12.0 Å². The van der Waals surface area contributed by atoms with Gasteiger partial charge in [-0.2, -0.15) is 11.3 Å². The van der Waals surface area contributed by atoms with Crippen LogP contribution in [0.2, 0.25) is 0 Å². The molecule has 2 heterocycles. The normalized spacial score (nSPS) is 9.71. The second-order valence-corrected chi connectivity index (χ2v) is 4.63. The predicted octanol–water partition coefficient (Wildman–Crippen LogP) is 3.52. The number of hydrogen-bond acceptors (Lipinski definition) is 3. The minimum atomic E-state index is 0. The minimum absolute atomic E-state index is 0. The first kappa shape index (κ1) is 11.7. The maximum Gasteiger partial charge on any atom is 0.0302 e. The summed E-state index contributed by atoms with van der Waals surface area (Å²) in [5.74, 6) is 0. The molecule has 2 aromatic rings. The molecule has 0 aliphatic heterocycles. The van der Waals surface area contributed by atoms with E-state index in [1.807, 2.05) is 0 Å². The first-order valence-corrected chi connectivity index (χ1v) is 6.01. The van der Waals surface area contributed by atoms with Crippen LogP contribution in [-0.4, -0.2) is 0 Å². The first-order valence-electron chi connectivity index (χ1n) is 4.19. The highest BCUT2D eigenvalue weighted by Crippen LogP contribution is 2.09. The van der Waals surface area contributed by atoms with E-state index in [1.54, 1.807) is 22.7 Å². The third-order valence-electron chi connectivity index (χ3n) is 1.79. The van der Waals surface area contributed by atoms with E-state index < -0.39 is 0 Å². The summed E-state index contributed by atoms with van der Waals surface area (Å²) in [6, 6.07) is 6.41. The Labute approximate surface area is 98.2 Å². The molecule has 1 N–H and O–H groups in total. The Balaban J connectivity index is 0.000000980. The molecule has 0 bridgehead atoms. The van der Waals surface area contributed by atoms with E-state index in [2.05, 4.69) is 39.7 Å². The lowest BCUT2D eigenvalue weighted by Crippen LogP contribution is -2.10. The van der Waals surface area contributed by atoms with Crippen LogP contribution in [0.5, 0.6) is 0 Å². The summed E-state index contributed by atoms with van der Waals surface area (Å²) in [6.07, 6.45) is 0. The third-order valence-corrected chi connectivity index (χ3v) is 3.40. The summed E-state index contributed by atoms with van der Waals surface area (Å²) in [7, 11) is 0. The number of rotatable bonds is 4. The Morgan fingerprint density at radius 1 is 1.14 bits per heavy atom. The Morgan fingerprint density at radius 3 is 2.71 bits per heavy atom. The highest BCUT2D eigenvalue weighted by Gasteiger charge is 1.94. The lowest BCUT2D eigenvalue weighted by molar-refractivity contribution is 0.702. The van der Waals surface area contributed by atoms with Crippen molar-refractivity contribution in [2.24, 2.45) is 0 Å². The lowest BCUT2D eigenvalue weighted by atomic mass is 10.3. The van der Waals surface area contributed by atoms with Crippen molar-refractivity contribution in [3.05, 3.63) is 44.8 Å². The number of nitrogens with one attached hydrogen (secondary N) is 1. The Bertz CT molecular complexity index is 295. The standard InChI is InChI=1S/C10H11NS2.ClH/c1-2-10(13-4-1)7-11-6-9-3-5-12-8-9;/h1-5,8,11H,6-7H2;1H. The molecule has 0 spiro atoms. The van der Waals surface area contributed by atoms with Crippen LogP contribution in [0.15, 0.2) is 34.3 Å².